The van der Waals surface area contributed by atoms with E-state index in [0.717, 1.165) is 0 Å². The molecule has 1 saturated heterocycles. The van der Waals surface area contributed by atoms with Crippen molar-refractivity contribution in [3.05, 3.63) is 0 Å². The van der Waals surface area contributed by atoms with Crippen LogP contribution in [0.5, 0.6) is 0 Å². The molecule has 0 spiro atoms. The van der Waals surface area contributed by atoms with Crippen LogP contribution >= 0.6 is 0 Å². The van der Waals surface area contributed by atoms with Crippen molar-refractivity contribution in [1.29, 1.82) is 0 Å². The lowest BCUT2D eigenvalue weighted by Gasteiger charge is -2.28. The summed E-state index contributed by atoms with van der Waals surface area (Å²) in [5.41, 5.74) is 0. The number of carbonyl (C=O) groups is 2. The number of hydrogen-bond donors (Lipinski definition) is 4. The van der Waals surface area contributed by atoms with Gasteiger partial charge in [0.25, 0.3) is 0 Å². The molecule has 7 nitrogen and oxygen atoms in total. The molecule has 7 heteroatoms. The Hall–Kier alpha value is -1.18. The summed E-state index contributed by atoms with van der Waals surface area (Å²) in [7, 11) is 0. The van der Waals surface area contributed by atoms with Gasteiger partial charge in [-0.3, -0.25) is 9.59 Å². The maximum absolute atomic E-state index is 11.4. The maximum Gasteiger partial charge on any atom is 0.220 e. The Kier molecular flexibility index (Phi) is 4.44. The van der Waals surface area contributed by atoms with Gasteiger partial charge in [0, 0.05) is 20.4 Å². The van der Waals surface area contributed by atoms with Crippen LogP contribution in [0.15, 0.2) is 0 Å². The van der Waals surface area contributed by atoms with E-state index < -0.39 is 30.9 Å². The van der Waals surface area contributed by atoms with E-state index in [0.29, 0.717) is 0 Å². The van der Waals surface area contributed by atoms with E-state index in [1.165, 1.54) is 18.7 Å². The van der Waals surface area contributed by atoms with Crippen LogP contribution in [0.2, 0.25) is 0 Å². The fourth-order valence-electron chi connectivity index (χ4n) is 2.16. The highest BCUT2D eigenvalue weighted by molar-refractivity contribution is 5.75. The molecule has 2 amide bonds. The van der Waals surface area contributed by atoms with E-state index in [1.807, 2.05) is 0 Å². The molecule has 0 bridgehead atoms. The first-order valence-electron chi connectivity index (χ1n) is 5.40. The molecule has 1 rings (SSSR count). The minimum absolute atomic E-state index is 0.0453. The molecule has 0 aromatic rings. The number of nitrogens with one attached hydrogen (secondary N) is 1. The third kappa shape index (κ3) is 2.74. The van der Waals surface area contributed by atoms with Gasteiger partial charge in [-0.15, -0.1) is 0 Å². The molecule has 0 saturated carbocycles. The van der Waals surface area contributed by atoms with Gasteiger partial charge in [0.1, 0.15) is 12.2 Å². The minimum Gasteiger partial charge on any atom is -0.394 e. The van der Waals surface area contributed by atoms with Crippen molar-refractivity contribution in [2.75, 3.05) is 13.2 Å². The predicted octanol–water partition coefficient (Wildman–Crippen LogP) is -2.56. The zero-order valence-electron chi connectivity index (χ0n) is 9.83. The Bertz CT molecular complexity index is 309. The van der Waals surface area contributed by atoms with Crippen LogP contribution in [-0.4, -0.2) is 69.5 Å². The summed E-state index contributed by atoms with van der Waals surface area (Å²) < 4.78 is 0. The van der Waals surface area contributed by atoms with Gasteiger partial charge >= 0.3 is 0 Å². The normalized spacial score (nSPS) is 32.6. The van der Waals surface area contributed by atoms with E-state index in [2.05, 4.69) is 5.32 Å². The molecule has 0 aliphatic carbocycles. The number of hydrogen-bond acceptors (Lipinski definition) is 5. The average Bonchev–Trinajstić information content (AvgIpc) is 2.49. The molecule has 4 unspecified atom stereocenters. The number of aliphatic hydroxyl groups is 3. The molecular formula is C10H18N2O5. The highest BCUT2D eigenvalue weighted by Gasteiger charge is 2.48. The number of carbonyl (C=O) groups excluding carboxylic acids is 2. The summed E-state index contributed by atoms with van der Waals surface area (Å²) in [5, 5.41) is 31.1. The van der Waals surface area contributed by atoms with Crippen LogP contribution in [0.4, 0.5) is 0 Å². The van der Waals surface area contributed by atoms with Crippen LogP contribution in [-0.2, 0) is 9.59 Å². The lowest BCUT2D eigenvalue weighted by molar-refractivity contribution is -0.134. The SMILES string of the molecule is CC(=O)NCC1C(O)C(O)C(CO)N1C(C)=O. The summed E-state index contributed by atoms with van der Waals surface area (Å²) in [6, 6.07) is -1.55. The van der Waals surface area contributed by atoms with E-state index in [-0.39, 0.29) is 18.4 Å². The minimum atomic E-state index is -1.21. The van der Waals surface area contributed by atoms with Gasteiger partial charge in [0.05, 0.1) is 18.7 Å². The molecule has 0 aromatic heterocycles. The smallest absolute Gasteiger partial charge is 0.220 e. The van der Waals surface area contributed by atoms with Crippen LogP contribution in [0.3, 0.4) is 0 Å². The van der Waals surface area contributed by atoms with Gasteiger partial charge in [-0.05, 0) is 0 Å². The second-order valence-electron chi connectivity index (χ2n) is 4.16. The van der Waals surface area contributed by atoms with Crippen LogP contribution in [0, 0.1) is 0 Å². The molecule has 0 aromatic carbocycles. The second-order valence-corrected chi connectivity index (χ2v) is 4.16. The van der Waals surface area contributed by atoms with Crippen LogP contribution in [0.25, 0.3) is 0 Å². The van der Waals surface area contributed by atoms with Crippen molar-refractivity contribution in [2.24, 2.45) is 0 Å². The Morgan fingerprint density at radius 2 is 1.71 bits per heavy atom. The molecule has 1 aliphatic heterocycles. The number of nitrogens with zero attached hydrogens (tertiary/aromatic N) is 1. The Labute approximate surface area is 99.0 Å². The number of amides is 2. The first kappa shape index (κ1) is 13.9. The molecule has 1 aliphatic rings. The van der Waals surface area contributed by atoms with E-state index in [9.17, 15) is 19.8 Å². The largest absolute Gasteiger partial charge is 0.394 e. The predicted molar refractivity (Wildman–Crippen MR) is 57.9 cm³/mol. The van der Waals surface area contributed by atoms with Gasteiger partial charge in [-0.2, -0.15) is 0 Å². The van der Waals surface area contributed by atoms with E-state index in [1.54, 1.807) is 0 Å². The lowest BCUT2D eigenvalue weighted by atomic mass is 10.1. The Morgan fingerprint density at radius 1 is 1.18 bits per heavy atom. The highest BCUT2D eigenvalue weighted by atomic mass is 16.3. The third-order valence-corrected chi connectivity index (χ3v) is 2.96. The number of rotatable bonds is 3. The van der Waals surface area contributed by atoms with Gasteiger partial charge in [-0.25, -0.2) is 0 Å². The summed E-state index contributed by atoms with van der Waals surface area (Å²) in [6.45, 7) is 2.21. The van der Waals surface area contributed by atoms with Crippen LogP contribution in [0.1, 0.15) is 13.8 Å². The van der Waals surface area contributed by atoms with Crippen molar-refractivity contribution < 1.29 is 24.9 Å². The molecular weight excluding hydrogens is 228 g/mol. The summed E-state index contributed by atoms with van der Waals surface area (Å²) in [6.07, 6.45) is -2.38. The summed E-state index contributed by atoms with van der Waals surface area (Å²) in [5.74, 6) is -0.655. The first-order chi connectivity index (χ1) is 7.90. The zero-order chi connectivity index (χ0) is 13.2. The fraction of sp³-hybridized carbons (Fsp3) is 0.800. The van der Waals surface area contributed by atoms with Crippen molar-refractivity contribution in [1.82, 2.24) is 10.2 Å². The van der Waals surface area contributed by atoms with E-state index in [4.69, 9.17) is 5.11 Å². The van der Waals surface area contributed by atoms with Gasteiger partial charge < -0.3 is 25.5 Å². The molecule has 4 N–H and O–H groups in total. The first-order valence-corrected chi connectivity index (χ1v) is 5.40. The van der Waals surface area contributed by atoms with Crippen molar-refractivity contribution in [3.8, 4) is 0 Å². The Morgan fingerprint density at radius 3 is 2.12 bits per heavy atom. The summed E-state index contributed by atoms with van der Waals surface area (Å²) in [4.78, 5) is 23.5. The molecule has 4 atom stereocenters. The van der Waals surface area contributed by atoms with E-state index >= 15 is 0 Å². The molecule has 1 heterocycles. The standard InChI is InChI=1S/C10H18N2O5/c1-5(14)11-3-7-9(16)10(17)8(4-13)12(7)6(2)15/h7-10,13,16-17H,3-4H2,1-2H3,(H,11,14). The third-order valence-electron chi connectivity index (χ3n) is 2.96. The van der Waals surface area contributed by atoms with Gasteiger partial charge in [0.2, 0.25) is 11.8 Å². The van der Waals surface area contributed by atoms with Crippen molar-refractivity contribution in [3.63, 3.8) is 0 Å². The number of aliphatic hydroxyl groups excluding tert-OH is 3. The maximum atomic E-state index is 11.4. The quantitative estimate of drug-likeness (QED) is 0.438. The molecule has 1 fully saturated rings. The fourth-order valence-corrected chi connectivity index (χ4v) is 2.16. The lowest BCUT2D eigenvalue weighted by Crippen LogP contribution is -2.49. The average molecular weight is 246 g/mol. The Balaban J connectivity index is 2.84. The van der Waals surface area contributed by atoms with Crippen LogP contribution < -0.4 is 5.32 Å². The van der Waals surface area contributed by atoms with Crippen molar-refractivity contribution >= 4 is 11.8 Å². The monoisotopic (exact) mass is 246 g/mol. The summed E-state index contributed by atoms with van der Waals surface area (Å²) >= 11 is 0. The molecule has 17 heavy (non-hydrogen) atoms. The molecule has 98 valence electrons. The molecule has 0 radical (unpaired) electrons. The highest BCUT2D eigenvalue weighted by Crippen LogP contribution is 2.24. The zero-order valence-corrected chi connectivity index (χ0v) is 9.83. The van der Waals surface area contributed by atoms with Gasteiger partial charge in [0.15, 0.2) is 0 Å². The number of likely N-dealkylation sites (tertiary alicyclic amines) is 1. The topological polar surface area (TPSA) is 110 Å². The second kappa shape index (κ2) is 5.44. The van der Waals surface area contributed by atoms with Crippen molar-refractivity contribution in [2.45, 2.75) is 38.1 Å². The van der Waals surface area contributed by atoms with Gasteiger partial charge in [-0.1, -0.05) is 0 Å².